The summed E-state index contributed by atoms with van der Waals surface area (Å²) in [4.78, 5) is 0. The Morgan fingerprint density at radius 3 is 2.69 bits per heavy atom. The molecule has 0 radical (unpaired) electrons. The van der Waals surface area contributed by atoms with E-state index in [1.165, 1.54) is 6.07 Å². The van der Waals surface area contributed by atoms with Gasteiger partial charge in [0.05, 0.1) is 6.61 Å². The molecule has 0 unspecified atom stereocenters. The minimum atomic E-state index is -0.226. The van der Waals surface area contributed by atoms with Crippen molar-refractivity contribution in [1.29, 1.82) is 0 Å². The molecule has 0 aliphatic rings. The molecular weight excluding hydrogens is 273 g/mol. The van der Waals surface area contributed by atoms with E-state index in [0.717, 1.165) is 4.47 Å². The Balaban J connectivity index is 2.63. The van der Waals surface area contributed by atoms with E-state index in [4.69, 9.17) is 5.11 Å². The highest BCUT2D eigenvalue weighted by Gasteiger charge is 2.12. The van der Waals surface area contributed by atoms with Gasteiger partial charge in [0, 0.05) is 22.6 Å². The first-order valence-corrected chi connectivity index (χ1v) is 6.12. The fraction of sp³-hybridized carbons (Fsp3) is 0.500. The van der Waals surface area contributed by atoms with Crippen LogP contribution in [0.5, 0.6) is 0 Å². The van der Waals surface area contributed by atoms with Crippen LogP contribution in [0.25, 0.3) is 0 Å². The predicted octanol–water partition coefficient (Wildman–Crippen LogP) is 2.69. The molecule has 1 atom stereocenters. The number of benzene rings is 1. The van der Waals surface area contributed by atoms with Gasteiger partial charge in [-0.05, 0) is 24.1 Å². The van der Waals surface area contributed by atoms with Crippen molar-refractivity contribution < 1.29 is 9.50 Å². The molecule has 2 N–H and O–H groups in total. The quantitative estimate of drug-likeness (QED) is 0.874. The maximum absolute atomic E-state index is 13.4. The lowest BCUT2D eigenvalue weighted by Crippen LogP contribution is -2.36. The molecule has 1 aromatic carbocycles. The third kappa shape index (κ3) is 3.85. The molecule has 0 amide bonds. The van der Waals surface area contributed by atoms with Crippen molar-refractivity contribution in [3.8, 4) is 0 Å². The summed E-state index contributed by atoms with van der Waals surface area (Å²) >= 11 is 3.31. The minimum Gasteiger partial charge on any atom is -0.395 e. The molecule has 0 saturated heterocycles. The van der Waals surface area contributed by atoms with Crippen LogP contribution >= 0.6 is 15.9 Å². The van der Waals surface area contributed by atoms with Crippen LogP contribution in [0.2, 0.25) is 0 Å². The summed E-state index contributed by atoms with van der Waals surface area (Å²) in [5.41, 5.74) is 0.605. The lowest BCUT2D eigenvalue weighted by Gasteiger charge is -2.20. The number of halogens is 2. The van der Waals surface area contributed by atoms with Gasteiger partial charge in [-0.15, -0.1) is 0 Å². The summed E-state index contributed by atoms with van der Waals surface area (Å²) in [5, 5.41) is 12.3. The Morgan fingerprint density at radius 1 is 1.44 bits per heavy atom. The number of aliphatic hydroxyl groups excluding tert-OH is 1. The molecule has 16 heavy (non-hydrogen) atoms. The topological polar surface area (TPSA) is 32.3 Å². The second-order valence-corrected chi connectivity index (χ2v) is 5.07. The predicted molar refractivity (Wildman–Crippen MR) is 66.7 cm³/mol. The van der Waals surface area contributed by atoms with Gasteiger partial charge >= 0.3 is 0 Å². The molecule has 1 aromatic rings. The highest BCUT2D eigenvalue weighted by molar-refractivity contribution is 9.10. The van der Waals surface area contributed by atoms with Crippen LogP contribution in [0.4, 0.5) is 4.39 Å². The van der Waals surface area contributed by atoms with Crippen LogP contribution in [0.15, 0.2) is 22.7 Å². The van der Waals surface area contributed by atoms with Crippen molar-refractivity contribution in [2.24, 2.45) is 5.92 Å². The van der Waals surface area contributed by atoms with Gasteiger partial charge in [0.2, 0.25) is 0 Å². The highest BCUT2D eigenvalue weighted by atomic mass is 79.9. The summed E-state index contributed by atoms with van der Waals surface area (Å²) in [6.45, 7) is 4.53. The Morgan fingerprint density at radius 2 is 2.12 bits per heavy atom. The minimum absolute atomic E-state index is 0.00150. The molecule has 0 aliphatic carbocycles. The zero-order chi connectivity index (χ0) is 12.1. The average Bonchev–Trinajstić information content (AvgIpc) is 2.23. The van der Waals surface area contributed by atoms with Crippen LogP contribution in [0.3, 0.4) is 0 Å². The third-order valence-electron chi connectivity index (χ3n) is 2.56. The van der Waals surface area contributed by atoms with E-state index in [0.29, 0.717) is 18.0 Å². The zero-order valence-electron chi connectivity index (χ0n) is 9.50. The van der Waals surface area contributed by atoms with Gasteiger partial charge in [0.1, 0.15) is 5.82 Å². The number of aliphatic hydroxyl groups is 1. The summed E-state index contributed by atoms with van der Waals surface area (Å²) < 4.78 is 14.3. The number of rotatable bonds is 5. The van der Waals surface area contributed by atoms with Gasteiger partial charge in [-0.3, -0.25) is 0 Å². The molecule has 0 fully saturated rings. The lowest BCUT2D eigenvalue weighted by atomic mass is 10.1. The van der Waals surface area contributed by atoms with Crippen molar-refractivity contribution in [2.45, 2.75) is 26.4 Å². The van der Waals surface area contributed by atoms with Crippen LogP contribution in [-0.2, 0) is 6.54 Å². The van der Waals surface area contributed by atoms with Gasteiger partial charge in [-0.25, -0.2) is 4.39 Å². The molecule has 0 saturated carbocycles. The molecule has 4 heteroatoms. The fourth-order valence-electron chi connectivity index (χ4n) is 1.43. The molecule has 2 nitrogen and oxygen atoms in total. The molecule has 0 heterocycles. The number of nitrogens with one attached hydrogen (secondary N) is 1. The standard InChI is InChI=1S/C12H17BrFNO/c1-8(2)12(7-16)15-6-9-5-10(13)3-4-11(9)14/h3-5,8,12,15-16H,6-7H2,1-2H3/t12-/m1/s1. The molecule has 1 rings (SSSR count). The van der Waals surface area contributed by atoms with Gasteiger partial charge in [0.25, 0.3) is 0 Å². The third-order valence-corrected chi connectivity index (χ3v) is 3.06. The second kappa shape index (κ2) is 6.33. The van der Waals surface area contributed by atoms with E-state index >= 15 is 0 Å². The second-order valence-electron chi connectivity index (χ2n) is 4.15. The monoisotopic (exact) mass is 289 g/mol. The largest absolute Gasteiger partial charge is 0.395 e. The normalized spacial score (nSPS) is 13.1. The van der Waals surface area contributed by atoms with Crippen molar-refractivity contribution in [3.63, 3.8) is 0 Å². The average molecular weight is 290 g/mol. The first-order chi connectivity index (χ1) is 7.54. The van der Waals surface area contributed by atoms with Crippen molar-refractivity contribution in [3.05, 3.63) is 34.1 Å². The summed E-state index contributed by atoms with van der Waals surface area (Å²) in [6, 6.07) is 4.85. The van der Waals surface area contributed by atoms with Crippen molar-refractivity contribution in [1.82, 2.24) is 5.32 Å². The SMILES string of the molecule is CC(C)[C@@H](CO)NCc1cc(Br)ccc1F. The maximum atomic E-state index is 13.4. The van der Waals surface area contributed by atoms with Crippen LogP contribution in [-0.4, -0.2) is 17.8 Å². The Labute approximate surface area is 104 Å². The molecule has 0 bridgehead atoms. The van der Waals surface area contributed by atoms with E-state index < -0.39 is 0 Å². The lowest BCUT2D eigenvalue weighted by molar-refractivity contribution is 0.209. The summed E-state index contributed by atoms with van der Waals surface area (Å²) in [7, 11) is 0. The highest BCUT2D eigenvalue weighted by Crippen LogP contribution is 2.15. The Kier molecular flexibility index (Phi) is 5.38. The molecular formula is C12H17BrFNO. The van der Waals surface area contributed by atoms with Gasteiger partial charge in [-0.2, -0.15) is 0 Å². The smallest absolute Gasteiger partial charge is 0.127 e. The van der Waals surface area contributed by atoms with Crippen molar-refractivity contribution >= 4 is 15.9 Å². The summed E-state index contributed by atoms with van der Waals surface area (Å²) in [5.74, 6) is 0.0939. The fourth-order valence-corrected chi connectivity index (χ4v) is 1.84. The van der Waals surface area contributed by atoms with E-state index in [-0.39, 0.29) is 18.5 Å². The van der Waals surface area contributed by atoms with E-state index in [1.54, 1.807) is 12.1 Å². The van der Waals surface area contributed by atoms with Gasteiger partial charge < -0.3 is 10.4 Å². The zero-order valence-corrected chi connectivity index (χ0v) is 11.1. The molecule has 90 valence electrons. The Bertz CT molecular complexity index is 344. The van der Waals surface area contributed by atoms with E-state index in [2.05, 4.69) is 21.2 Å². The van der Waals surface area contributed by atoms with Crippen LogP contribution in [0, 0.1) is 11.7 Å². The van der Waals surface area contributed by atoms with E-state index in [1.807, 2.05) is 13.8 Å². The number of hydrogen-bond donors (Lipinski definition) is 2. The van der Waals surface area contributed by atoms with Crippen LogP contribution in [0.1, 0.15) is 19.4 Å². The van der Waals surface area contributed by atoms with Crippen LogP contribution < -0.4 is 5.32 Å². The first-order valence-electron chi connectivity index (χ1n) is 5.32. The first kappa shape index (κ1) is 13.6. The molecule has 0 aliphatic heterocycles. The van der Waals surface area contributed by atoms with Gasteiger partial charge in [0.15, 0.2) is 0 Å². The maximum Gasteiger partial charge on any atom is 0.127 e. The Hall–Kier alpha value is -0.450. The molecule has 0 aromatic heterocycles. The summed E-state index contributed by atoms with van der Waals surface area (Å²) in [6.07, 6.45) is 0. The van der Waals surface area contributed by atoms with Crippen molar-refractivity contribution in [2.75, 3.05) is 6.61 Å². The number of hydrogen-bond acceptors (Lipinski definition) is 2. The van der Waals surface area contributed by atoms with Gasteiger partial charge in [-0.1, -0.05) is 29.8 Å². The van der Waals surface area contributed by atoms with E-state index in [9.17, 15) is 4.39 Å². The molecule has 0 spiro atoms.